The predicted octanol–water partition coefficient (Wildman–Crippen LogP) is 2.80. The summed E-state index contributed by atoms with van der Waals surface area (Å²) in [5.74, 6) is 0.882. The molecule has 112 valence electrons. The van der Waals surface area contributed by atoms with E-state index < -0.39 is 5.91 Å². The lowest BCUT2D eigenvalue weighted by atomic mass is 10.1. The molecule has 0 atom stereocenters. The van der Waals surface area contributed by atoms with Crippen molar-refractivity contribution in [1.82, 2.24) is 5.06 Å². The van der Waals surface area contributed by atoms with Gasteiger partial charge in [-0.3, -0.25) is 10.2 Å². The van der Waals surface area contributed by atoms with Crippen LogP contribution in [0.1, 0.15) is 12.5 Å². The molecule has 0 saturated carbocycles. The number of carbonyl (C=O) groups is 1. The van der Waals surface area contributed by atoms with Crippen molar-refractivity contribution in [2.24, 2.45) is 4.99 Å². The van der Waals surface area contributed by atoms with Gasteiger partial charge in [-0.15, -0.1) is 5.06 Å². The van der Waals surface area contributed by atoms with Gasteiger partial charge in [0.2, 0.25) is 0 Å². The van der Waals surface area contributed by atoms with Gasteiger partial charge in [-0.1, -0.05) is 17.7 Å². The van der Waals surface area contributed by atoms with Crippen LogP contribution in [0.4, 0.5) is 0 Å². The van der Waals surface area contributed by atoms with E-state index in [0.717, 1.165) is 0 Å². The van der Waals surface area contributed by atoms with Crippen LogP contribution in [0, 0.1) is 5.41 Å². The number of hydroxylamine groups is 2. The van der Waals surface area contributed by atoms with Gasteiger partial charge < -0.3 is 9.57 Å². The van der Waals surface area contributed by atoms with Gasteiger partial charge in [-0.25, -0.2) is 0 Å². The fourth-order valence-electron chi connectivity index (χ4n) is 2.14. The Morgan fingerprint density at radius 1 is 1.45 bits per heavy atom. The number of amides is 1. The zero-order valence-corrected chi connectivity index (χ0v) is 12.6. The molecule has 2 aliphatic heterocycles. The number of carbonyl (C=O) groups excluding carboxylic acids is 1. The SMILES string of the molecule is COc1ccc(/C=C2/C(=N)N3OC(C)=CC3=NC2=O)cc1Cl. The van der Waals surface area contributed by atoms with E-state index in [-0.39, 0.29) is 11.4 Å². The topological polar surface area (TPSA) is 75.0 Å². The maximum Gasteiger partial charge on any atom is 0.282 e. The first kappa shape index (κ1) is 14.3. The van der Waals surface area contributed by atoms with Crippen LogP contribution in [-0.4, -0.2) is 29.8 Å². The fraction of sp³-hybridized carbons (Fsp3) is 0.133. The minimum absolute atomic E-state index is 0.0601. The number of halogens is 1. The lowest BCUT2D eigenvalue weighted by Crippen LogP contribution is -2.38. The number of aliphatic imine (C=N–C) groups is 1. The second-order valence-corrected chi connectivity index (χ2v) is 5.12. The molecular weight excluding hydrogens is 306 g/mol. The summed E-state index contributed by atoms with van der Waals surface area (Å²) in [5, 5.41) is 9.75. The zero-order valence-electron chi connectivity index (χ0n) is 11.9. The number of nitrogens with zero attached hydrogens (tertiary/aromatic N) is 2. The van der Waals surface area contributed by atoms with E-state index in [1.807, 2.05) is 0 Å². The first-order valence-corrected chi connectivity index (χ1v) is 6.81. The van der Waals surface area contributed by atoms with Gasteiger partial charge in [0.1, 0.15) is 11.5 Å². The van der Waals surface area contributed by atoms with Crippen molar-refractivity contribution < 1.29 is 14.4 Å². The molecule has 0 bridgehead atoms. The predicted molar refractivity (Wildman–Crippen MR) is 82.8 cm³/mol. The number of rotatable bonds is 2. The molecule has 3 rings (SSSR count). The number of benzene rings is 1. The lowest BCUT2D eigenvalue weighted by Gasteiger charge is -2.23. The smallest absolute Gasteiger partial charge is 0.282 e. The molecule has 0 aliphatic carbocycles. The van der Waals surface area contributed by atoms with Crippen LogP contribution in [0.25, 0.3) is 6.08 Å². The van der Waals surface area contributed by atoms with Crippen molar-refractivity contribution in [3.8, 4) is 5.75 Å². The second-order valence-electron chi connectivity index (χ2n) is 4.72. The average molecular weight is 318 g/mol. The van der Waals surface area contributed by atoms with Gasteiger partial charge in [-0.05, 0) is 30.7 Å². The molecular formula is C15H12ClN3O3. The lowest BCUT2D eigenvalue weighted by molar-refractivity contribution is -0.114. The molecule has 2 aliphatic rings. The number of allylic oxidation sites excluding steroid dienone is 1. The molecule has 7 heteroatoms. The van der Waals surface area contributed by atoms with Crippen molar-refractivity contribution in [3.63, 3.8) is 0 Å². The van der Waals surface area contributed by atoms with Gasteiger partial charge in [0.15, 0.2) is 11.7 Å². The van der Waals surface area contributed by atoms with Crippen LogP contribution in [0.15, 0.2) is 40.6 Å². The third-order valence-corrected chi connectivity index (χ3v) is 3.46. The van der Waals surface area contributed by atoms with Crippen molar-refractivity contribution >= 4 is 35.3 Å². The molecule has 22 heavy (non-hydrogen) atoms. The zero-order chi connectivity index (χ0) is 15.9. The largest absolute Gasteiger partial charge is 0.495 e. The number of hydrogen-bond donors (Lipinski definition) is 1. The van der Waals surface area contributed by atoms with E-state index in [9.17, 15) is 4.79 Å². The summed E-state index contributed by atoms with van der Waals surface area (Å²) in [5.41, 5.74) is 0.800. The van der Waals surface area contributed by atoms with Crippen LogP contribution in [0.2, 0.25) is 5.02 Å². The summed E-state index contributed by atoms with van der Waals surface area (Å²) in [6.45, 7) is 1.73. The van der Waals surface area contributed by atoms with Gasteiger partial charge in [0, 0.05) is 6.08 Å². The Hall–Kier alpha value is -2.60. The van der Waals surface area contributed by atoms with E-state index in [1.54, 1.807) is 37.3 Å². The summed E-state index contributed by atoms with van der Waals surface area (Å²) in [6, 6.07) is 5.09. The highest BCUT2D eigenvalue weighted by Crippen LogP contribution is 2.28. The van der Waals surface area contributed by atoms with E-state index in [0.29, 0.717) is 27.9 Å². The van der Waals surface area contributed by atoms with Crippen molar-refractivity contribution in [2.75, 3.05) is 7.11 Å². The van der Waals surface area contributed by atoms with Crippen LogP contribution < -0.4 is 4.74 Å². The Labute approximate surface area is 131 Å². The Morgan fingerprint density at radius 3 is 2.91 bits per heavy atom. The standard InChI is InChI=1S/C15H12ClN3O3/c1-8-5-13-18-15(20)10(14(17)19(13)22-8)6-9-3-4-12(21-2)11(16)7-9/h3-7,17H,1-2H3/b10-6-,17-14?. The summed E-state index contributed by atoms with van der Waals surface area (Å²) < 4.78 is 5.08. The molecule has 2 heterocycles. The van der Waals surface area contributed by atoms with Gasteiger partial charge in [0.25, 0.3) is 5.91 Å². The van der Waals surface area contributed by atoms with Crippen molar-refractivity contribution in [1.29, 1.82) is 5.41 Å². The fourth-order valence-corrected chi connectivity index (χ4v) is 2.41. The van der Waals surface area contributed by atoms with Crippen molar-refractivity contribution in [3.05, 3.63) is 46.2 Å². The molecule has 0 radical (unpaired) electrons. The van der Waals surface area contributed by atoms with E-state index >= 15 is 0 Å². The summed E-state index contributed by atoms with van der Waals surface area (Å²) in [7, 11) is 1.52. The van der Waals surface area contributed by atoms with Crippen LogP contribution in [-0.2, 0) is 9.63 Å². The molecule has 0 fully saturated rings. The number of fused-ring (bicyclic) bond motifs is 1. The Morgan fingerprint density at radius 2 is 2.23 bits per heavy atom. The Balaban J connectivity index is 1.97. The minimum Gasteiger partial charge on any atom is -0.495 e. The minimum atomic E-state index is -0.488. The number of amidine groups is 2. The van der Waals surface area contributed by atoms with Crippen LogP contribution >= 0.6 is 11.6 Å². The number of nitrogens with one attached hydrogen (secondary N) is 1. The highest BCUT2D eigenvalue weighted by Gasteiger charge is 2.34. The van der Waals surface area contributed by atoms with Gasteiger partial charge in [-0.2, -0.15) is 4.99 Å². The number of methoxy groups -OCH3 is 1. The maximum absolute atomic E-state index is 12.1. The average Bonchev–Trinajstić information content (AvgIpc) is 2.84. The quantitative estimate of drug-likeness (QED) is 0.851. The first-order chi connectivity index (χ1) is 10.5. The monoisotopic (exact) mass is 317 g/mol. The van der Waals surface area contributed by atoms with Gasteiger partial charge >= 0.3 is 0 Å². The maximum atomic E-state index is 12.1. The summed E-state index contributed by atoms with van der Waals surface area (Å²) >= 11 is 6.06. The first-order valence-electron chi connectivity index (χ1n) is 6.43. The van der Waals surface area contributed by atoms with Crippen molar-refractivity contribution in [2.45, 2.75) is 6.92 Å². The molecule has 6 nitrogen and oxygen atoms in total. The van der Waals surface area contributed by atoms with E-state index in [1.165, 1.54) is 12.2 Å². The normalized spacial score (nSPS) is 18.9. The Kier molecular flexibility index (Phi) is 3.46. The highest BCUT2D eigenvalue weighted by molar-refractivity contribution is 6.33. The van der Waals surface area contributed by atoms with E-state index in [4.69, 9.17) is 26.6 Å². The third-order valence-electron chi connectivity index (χ3n) is 3.17. The van der Waals surface area contributed by atoms with Gasteiger partial charge in [0.05, 0.1) is 17.7 Å². The third kappa shape index (κ3) is 2.37. The summed E-state index contributed by atoms with van der Waals surface area (Å²) in [4.78, 5) is 21.4. The molecule has 1 N–H and O–H groups in total. The molecule has 0 unspecified atom stereocenters. The molecule has 1 amide bonds. The van der Waals surface area contributed by atoms with Crippen LogP contribution in [0.3, 0.4) is 0 Å². The molecule has 0 saturated heterocycles. The highest BCUT2D eigenvalue weighted by atomic mass is 35.5. The number of hydrogen-bond acceptors (Lipinski definition) is 4. The molecule has 1 aromatic carbocycles. The van der Waals surface area contributed by atoms with E-state index in [2.05, 4.69) is 4.99 Å². The Bertz CT molecular complexity index is 780. The molecule has 0 aromatic heterocycles. The molecule has 1 aromatic rings. The van der Waals surface area contributed by atoms with Crippen LogP contribution in [0.5, 0.6) is 5.75 Å². The summed E-state index contributed by atoms with van der Waals surface area (Å²) in [6.07, 6.45) is 3.15. The number of ether oxygens (including phenoxy) is 1. The molecule has 0 spiro atoms. The second kappa shape index (κ2) is 5.31.